The van der Waals surface area contributed by atoms with Gasteiger partial charge in [-0.05, 0) is 6.07 Å². The number of furan rings is 1. The molecule has 0 aliphatic carbocycles. The maximum Gasteiger partial charge on any atom is 0.252 e. The number of benzene rings is 1. The second-order valence-electron chi connectivity index (χ2n) is 5.34. The third-order valence-corrected chi connectivity index (χ3v) is 3.62. The van der Waals surface area contributed by atoms with Crippen molar-refractivity contribution >= 4 is 5.91 Å². The van der Waals surface area contributed by atoms with Gasteiger partial charge in [0.05, 0.1) is 17.4 Å². The molecule has 8 heteroatoms. The first-order chi connectivity index (χ1) is 12.2. The maximum atomic E-state index is 11.7. The lowest BCUT2D eigenvalue weighted by Crippen LogP contribution is -2.11. The van der Waals surface area contributed by atoms with Gasteiger partial charge in [-0.3, -0.25) is 9.48 Å². The van der Waals surface area contributed by atoms with Gasteiger partial charge in [-0.2, -0.15) is 10.1 Å². The molecule has 3 aromatic heterocycles. The van der Waals surface area contributed by atoms with E-state index in [0.717, 1.165) is 11.1 Å². The molecule has 4 rings (SSSR count). The molecule has 0 bridgehead atoms. The molecule has 0 spiro atoms. The van der Waals surface area contributed by atoms with Crippen molar-refractivity contribution in [2.75, 3.05) is 0 Å². The van der Waals surface area contributed by atoms with Crippen LogP contribution in [-0.4, -0.2) is 25.8 Å². The molecule has 0 saturated heterocycles. The van der Waals surface area contributed by atoms with Gasteiger partial charge in [0.1, 0.15) is 18.5 Å². The van der Waals surface area contributed by atoms with E-state index in [2.05, 4.69) is 15.2 Å². The van der Waals surface area contributed by atoms with Crippen molar-refractivity contribution in [3.8, 4) is 22.6 Å². The van der Waals surface area contributed by atoms with Crippen LogP contribution in [0, 0.1) is 0 Å². The molecule has 8 nitrogen and oxygen atoms in total. The Bertz CT molecular complexity index is 1000. The molecule has 1 aromatic carbocycles. The number of aromatic nitrogens is 4. The maximum absolute atomic E-state index is 11.7. The van der Waals surface area contributed by atoms with Gasteiger partial charge in [-0.15, -0.1) is 0 Å². The number of hydrogen-bond acceptors (Lipinski definition) is 6. The molecule has 0 aliphatic rings. The van der Waals surface area contributed by atoms with Crippen LogP contribution in [0.4, 0.5) is 0 Å². The zero-order valence-corrected chi connectivity index (χ0v) is 13.0. The summed E-state index contributed by atoms with van der Waals surface area (Å²) in [6, 6.07) is 11.1. The van der Waals surface area contributed by atoms with Crippen LogP contribution in [-0.2, 0) is 6.54 Å². The Hall–Kier alpha value is -3.68. The average molecular weight is 335 g/mol. The zero-order chi connectivity index (χ0) is 17.2. The smallest absolute Gasteiger partial charge is 0.252 e. The Morgan fingerprint density at radius 2 is 2.00 bits per heavy atom. The van der Waals surface area contributed by atoms with Gasteiger partial charge in [-0.1, -0.05) is 35.5 Å². The van der Waals surface area contributed by atoms with Crippen LogP contribution in [0.2, 0.25) is 0 Å². The van der Waals surface area contributed by atoms with Gasteiger partial charge in [0.15, 0.2) is 0 Å². The monoisotopic (exact) mass is 335 g/mol. The standard InChI is InChI=1S/C17H13N5O3/c18-16(23)13-8-22(20-15(13)11-4-2-1-3-5-11)9-14-19-17(21-25-14)12-6-7-24-10-12/h1-8,10H,9H2,(H2,18,23). The lowest BCUT2D eigenvalue weighted by molar-refractivity contribution is 0.100. The molecule has 0 unspecified atom stereocenters. The normalized spacial score (nSPS) is 10.9. The summed E-state index contributed by atoms with van der Waals surface area (Å²) >= 11 is 0. The fraction of sp³-hybridized carbons (Fsp3) is 0.0588. The molecule has 0 saturated carbocycles. The largest absolute Gasteiger partial charge is 0.472 e. The third kappa shape index (κ3) is 2.92. The molecular formula is C17H13N5O3. The van der Waals surface area contributed by atoms with Crippen LogP contribution < -0.4 is 5.73 Å². The van der Waals surface area contributed by atoms with Gasteiger partial charge in [0.2, 0.25) is 11.7 Å². The molecule has 124 valence electrons. The van der Waals surface area contributed by atoms with Gasteiger partial charge >= 0.3 is 0 Å². The molecule has 0 fully saturated rings. The number of primary amides is 1. The van der Waals surface area contributed by atoms with E-state index in [4.69, 9.17) is 14.7 Å². The molecule has 2 N–H and O–H groups in total. The Morgan fingerprint density at radius 1 is 1.16 bits per heavy atom. The minimum atomic E-state index is -0.547. The van der Waals surface area contributed by atoms with Crippen LogP contribution in [0.25, 0.3) is 22.6 Å². The SMILES string of the molecule is NC(=O)c1cn(Cc2nc(-c3ccoc3)no2)nc1-c1ccccc1. The third-order valence-electron chi connectivity index (χ3n) is 3.62. The van der Waals surface area contributed by atoms with E-state index < -0.39 is 5.91 Å². The summed E-state index contributed by atoms with van der Waals surface area (Å²) in [5.41, 5.74) is 7.85. The molecule has 4 aromatic rings. The number of hydrogen-bond donors (Lipinski definition) is 1. The Morgan fingerprint density at radius 3 is 2.72 bits per heavy atom. The zero-order valence-electron chi connectivity index (χ0n) is 13.0. The molecule has 0 atom stereocenters. The second kappa shape index (κ2) is 6.08. The number of carbonyl (C=O) groups is 1. The van der Waals surface area contributed by atoms with E-state index in [-0.39, 0.29) is 6.54 Å². The lowest BCUT2D eigenvalue weighted by atomic mass is 10.1. The van der Waals surface area contributed by atoms with Gasteiger partial charge in [0, 0.05) is 11.8 Å². The number of carbonyl (C=O) groups excluding carboxylic acids is 1. The second-order valence-corrected chi connectivity index (χ2v) is 5.34. The first kappa shape index (κ1) is 14.9. The number of amides is 1. The Labute approximate surface area is 141 Å². The molecule has 0 aliphatic heterocycles. The van der Waals surface area contributed by atoms with Crippen molar-refractivity contribution in [2.24, 2.45) is 5.73 Å². The van der Waals surface area contributed by atoms with Crippen molar-refractivity contribution in [1.82, 2.24) is 19.9 Å². The fourth-order valence-electron chi connectivity index (χ4n) is 2.46. The van der Waals surface area contributed by atoms with Crippen molar-refractivity contribution in [2.45, 2.75) is 6.54 Å². The van der Waals surface area contributed by atoms with E-state index in [1.54, 1.807) is 16.9 Å². The summed E-state index contributed by atoms with van der Waals surface area (Å²) in [5.74, 6) is 0.235. The molecule has 1 amide bonds. The van der Waals surface area contributed by atoms with Crippen molar-refractivity contribution in [3.05, 3.63) is 66.6 Å². The molecule has 3 heterocycles. The van der Waals surface area contributed by atoms with Crippen LogP contribution >= 0.6 is 0 Å². The molecular weight excluding hydrogens is 322 g/mol. The van der Waals surface area contributed by atoms with E-state index >= 15 is 0 Å². The van der Waals surface area contributed by atoms with Crippen LogP contribution in [0.1, 0.15) is 16.2 Å². The Balaban J connectivity index is 1.64. The Kier molecular flexibility index (Phi) is 3.62. The average Bonchev–Trinajstić information content (AvgIpc) is 3.36. The van der Waals surface area contributed by atoms with Gasteiger partial charge < -0.3 is 14.7 Å². The highest BCUT2D eigenvalue weighted by Crippen LogP contribution is 2.22. The van der Waals surface area contributed by atoms with Crippen LogP contribution in [0.5, 0.6) is 0 Å². The van der Waals surface area contributed by atoms with Crippen LogP contribution in [0.3, 0.4) is 0 Å². The highest BCUT2D eigenvalue weighted by Gasteiger charge is 2.17. The van der Waals surface area contributed by atoms with Gasteiger partial charge in [-0.25, -0.2) is 0 Å². The molecule has 25 heavy (non-hydrogen) atoms. The van der Waals surface area contributed by atoms with Crippen molar-refractivity contribution in [3.63, 3.8) is 0 Å². The van der Waals surface area contributed by atoms with E-state index in [1.807, 2.05) is 30.3 Å². The predicted octanol–water partition coefficient (Wildman–Crippen LogP) is 2.34. The fourth-order valence-corrected chi connectivity index (χ4v) is 2.46. The van der Waals surface area contributed by atoms with Crippen LogP contribution in [0.15, 0.2) is 64.1 Å². The number of rotatable bonds is 5. The van der Waals surface area contributed by atoms with Crippen molar-refractivity contribution in [1.29, 1.82) is 0 Å². The van der Waals surface area contributed by atoms with Crippen molar-refractivity contribution < 1.29 is 13.7 Å². The van der Waals surface area contributed by atoms with E-state index in [0.29, 0.717) is 23.0 Å². The summed E-state index contributed by atoms with van der Waals surface area (Å²) in [4.78, 5) is 16.0. The highest BCUT2D eigenvalue weighted by atomic mass is 16.5. The van der Waals surface area contributed by atoms with E-state index in [9.17, 15) is 4.79 Å². The topological polar surface area (TPSA) is 113 Å². The highest BCUT2D eigenvalue weighted by molar-refractivity contribution is 5.98. The summed E-state index contributed by atoms with van der Waals surface area (Å²) in [7, 11) is 0. The summed E-state index contributed by atoms with van der Waals surface area (Å²) in [6.07, 6.45) is 4.64. The minimum absolute atomic E-state index is 0.220. The number of nitrogens with two attached hydrogens (primary N) is 1. The summed E-state index contributed by atoms with van der Waals surface area (Å²) < 4.78 is 11.8. The minimum Gasteiger partial charge on any atom is -0.472 e. The first-order valence-electron chi connectivity index (χ1n) is 7.48. The lowest BCUT2D eigenvalue weighted by Gasteiger charge is -1.98. The number of nitrogens with zero attached hydrogens (tertiary/aromatic N) is 4. The van der Waals surface area contributed by atoms with Gasteiger partial charge in [0.25, 0.3) is 5.91 Å². The summed E-state index contributed by atoms with van der Waals surface area (Å²) in [6.45, 7) is 0.220. The quantitative estimate of drug-likeness (QED) is 0.599. The first-order valence-corrected chi connectivity index (χ1v) is 7.48. The molecule has 0 radical (unpaired) electrons. The van der Waals surface area contributed by atoms with E-state index in [1.165, 1.54) is 12.5 Å². The summed E-state index contributed by atoms with van der Waals surface area (Å²) in [5, 5.41) is 8.34. The predicted molar refractivity (Wildman–Crippen MR) is 87.3 cm³/mol.